The van der Waals surface area contributed by atoms with E-state index in [1.165, 1.54) is 12.5 Å². The van der Waals surface area contributed by atoms with Crippen LogP contribution < -0.4 is 20.8 Å². The first-order valence-electron chi connectivity index (χ1n) is 9.42. The molecular weight excluding hydrogens is 480 g/mol. The molecule has 0 unspecified atom stereocenters. The Morgan fingerprint density at radius 1 is 1.03 bits per heavy atom. The number of benzene rings is 2. The summed E-state index contributed by atoms with van der Waals surface area (Å²) in [5.74, 6) is -1.24. The lowest BCUT2D eigenvalue weighted by Gasteiger charge is -2.10. The highest BCUT2D eigenvalue weighted by molar-refractivity contribution is 9.10. The molecule has 2 aromatic carbocycles. The molecule has 0 spiro atoms. The average Bonchev–Trinajstić information content (AvgIpc) is 3.31. The highest BCUT2D eigenvalue weighted by atomic mass is 79.9. The van der Waals surface area contributed by atoms with Crippen LogP contribution in [0.25, 0.3) is 0 Å². The summed E-state index contributed by atoms with van der Waals surface area (Å²) >= 11 is 3.35. The fourth-order valence-electron chi connectivity index (χ4n) is 2.49. The van der Waals surface area contributed by atoms with E-state index in [1.54, 1.807) is 42.5 Å². The number of carbonyl (C=O) groups is 3. The van der Waals surface area contributed by atoms with Crippen molar-refractivity contribution in [3.8, 4) is 5.75 Å². The number of nitrogens with zero attached hydrogens (tertiary/aromatic N) is 1. The number of ether oxygens (including phenoxy) is 1. The molecule has 0 aliphatic heterocycles. The van der Waals surface area contributed by atoms with Gasteiger partial charge in [0.25, 0.3) is 5.91 Å². The number of hydrogen-bond acceptors (Lipinski definition) is 6. The summed E-state index contributed by atoms with van der Waals surface area (Å²) in [7, 11) is 0. The highest BCUT2D eigenvalue weighted by Gasteiger charge is 2.13. The van der Waals surface area contributed by atoms with Crippen LogP contribution in [0.4, 0.5) is 5.69 Å². The molecule has 3 rings (SSSR count). The van der Waals surface area contributed by atoms with E-state index in [4.69, 9.17) is 9.15 Å². The van der Waals surface area contributed by atoms with E-state index in [9.17, 15) is 14.4 Å². The summed E-state index contributed by atoms with van der Waals surface area (Å²) in [6.45, 7) is -0.142. The van der Waals surface area contributed by atoms with Crippen LogP contribution in [0.3, 0.4) is 0 Å². The van der Waals surface area contributed by atoms with Gasteiger partial charge in [-0.25, -0.2) is 5.43 Å². The Kier molecular flexibility index (Phi) is 8.15. The molecule has 1 heterocycles. The molecule has 0 aliphatic carbocycles. The van der Waals surface area contributed by atoms with Crippen molar-refractivity contribution in [1.82, 2.24) is 10.7 Å². The molecule has 10 heteroatoms. The smallest absolute Gasteiger partial charge is 0.329 e. The van der Waals surface area contributed by atoms with E-state index in [1.807, 2.05) is 18.2 Å². The van der Waals surface area contributed by atoms with Crippen LogP contribution in [0, 0.1) is 0 Å². The molecule has 0 aliphatic rings. The largest absolute Gasteiger partial charge is 0.483 e. The van der Waals surface area contributed by atoms with Gasteiger partial charge in [0.2, 0.25) is 0 Å². The highest BCUT2D eigenvalue weighted by Crippen LogP contribution is 2.22. The van der Waals surface area contributed by atoms with E-state index >= 15 is 0 Å². The van der Waals surface area contributed by atoms with Crippen molar-refractivity contribution in [2.24, 2.45) is 5.10 Å². The third-order valence-electron chi connectivity index (χ3n) is 3.97. The summed E-state index contributed by atoms with van der Waals surface area (Å²) in [6.07, 6.45) is 2.78. The van der Waals surface area contributed by atoms with Gasteiger partial charge in [-0.2, -0.15) is 5.10 Å². The van der Waals surface area contributed by atoms with Crippen LogP contribution in [0.5, 0.6) is 5.75 Å². The van der Waals surface area contributed by atoms with Crippen LogP contribution in [0.15, 0.2) is 80.9 Å². The van der Waals surface area contributed by atoms with Gasteiger partial charge < -0.3 is 19.8 Å². The van der Waals surface area contributed by atoms with Gasteiger partial charge in [-0.3, -0.25) is 14.4 Å². The van der Waals surface area contributed by atoms with Gasteiger partial charge in [0.1, 0.15) is 11.5 Å². The van der Waals surface area contributed by atoms with Crippen molar-refractivity contribution in [2.75, 3.05) is 11.9 Å². The molecule has 0 bridgehead atoms. The summed E-state index contributed by atoms with van der Waals surface area (Å²) in [5, 5.41) is 8.93. The summed E-state index contributed by atoms with van der Waals surface area (Å²) < 4.78 is 11.4. The van der Waals surface area contributed by atoms with Gasteiger partial charge >= 0.3 is 11.8 Å². The lowest BCUT2D eigenvalue weighted by Crippen LogP contribution is -2.37. The minimum absolute atomic E-state index is 0.0810. The Balaban J connectivity index is 1.53. The van der Waals surface area contributed by atoms with E-state index in [0.717, 1.165) is 4.47 Å². The van der Waals surface area contributed by atoms with Crippen molar-refractivity contribution in [2.45, 2.75) is 6.54 Å². The van der Waals surface area contributed by atoms with E-state index in [-0.39, 0.29) is 19.1 Å². The molecular formula is C22H19BrN4O5. The molecule has 0 saturated carbocycles. The van der Waals surface area contributed by atoms with Crippen molar-refractivity contribution in [3.05, 3.63) is 82.7 Å². The predicted molar refractivity (Wildman–Crippen MR) is 121 cm³/mol. The first-order valence-corrected chi connectivity index (χ1v) is 10.2. The van der Waals surface area contributed by atoms with E-state index < -0.39 is 11.8 Å². The molecule has 9 nitrogen and oxygen atoms in total. The van der Waals surface area contributed by atoms with Gasteiger partial charge in [-0.15, -0.1) is 0 Å². The van der Waals surface area contributed by atoms with Crippen molar-refractivity contribution < 1.29 is 23.5 Å². The van der Waals surface area contributed by atoms with Gasteiger partial charge in [0, 0.05) is 15.7 Å². The number of furan rings is 1. The normalized spacial score (nSPS) is 10.5. The number of amides is 3. The van der Waals surface area contributed by atoms with Crippen molar-refractivity contribution >= 4 is 45.6 Å². The Bertz CT molecular complexity index is 1100. The topological polar surface area (TPSA) is 122 Å². The van der Waals surface area contributed by atoms with Crippen LogP contribution >= 0.6 is 15.9 Å². The fourth-order valence-corrected chi connectivity index (χ4v) is 2.86. The number of nitrogens with one attached hydrogen (secondary N) is 3. The second kappa shape index (κ2) is 11.5. The van der Waals surface area contributed by atoms with Gasteiger partial charge in [0.05, 0.1) is 19.0 Å². The zero-order valence-electron chi connectivity index (χ0n) is 16.7. The fraction of sp³-hybridized carbons (Fsp3) is 0.0909. The second-order valence-corrected chi connectivity index (χ2v) is 7.26. The SMILES string of the molecule is O=C(COc1ccc(Br)cc1C=NNC(=O)C(=O)NCc1ccco1)Nc1ccccc1. The molecule has 0 radical (unpaired) electrons. The van der Waals surface area contributed by atoms with E-state index in [0.29, 0.717) is 22.8 Å². The van der Waals surface area contributed by atoms with Gasteiger partial charge in [-0.05, 0) is 42.5 Å². The minimum atomic E-state index is -0.937. The molecule has 3 N–H and O–H groups in total. The monoisotopic (exact) mass is 498 g/mol. The zero-order valence-corrected chi connectivity index (χ0v) is 18.3. The zero-order chi connectivity index (χ0) is 22.8. The predicted octanol–water partition coefficient (Wildman–Crippen LogP) is 2.83. The number of para-hydroxylation sites is 1. The molecule has 0 atom stereocenters. The van der Waals surface area contributed by atoms with Crippen LogP contribution in [0.1, 0.15) is 11.3 Å². The van der Waals surface area contributed by atoms with Crippen LogP contribution in [-0.4, -0.2) is 30.5 Å². The lowest BCUT2D eigenvalue weighted by molar-refractivity contribution is -0.139. The van der Waals surface area contributed by atoms with Crippen LogP contribution in [-0.2, 0) is 20.9 Å². The molecule has 3 aromatic rings. The van der Waals surface area contributed by atoms with Gasteiger partial charge in [-0.1, -0.05) is 34.1 Å². The number of anilines is 1. The summed E-state index contributed by atoms with van der Waals surface area (Å²) in [4.78, 5) is 35.8. The Morgan fingerprint density at radius 2 is 1.84 bits per heavy atom. The maximum atomic E-state index is 12.1. The van der Waals surface area contributed by atoms with Gasteiger partial charge in [0.15, 0.2) is 6.61 Å². The third-order valence-corrected chi connectivity index (χ3v) is 4.46. The summed E-state index contributed by atoms with van der Waals surface area (Å²) in [5.41, 5.74) is 3.29. The average molecular weight is 499 g/mol. The first kappa shape index (κ1) is 22.8. The summed E-state index contributed by atoms with van der Waals surface area (Å²) in [6, 6.07) is 17.4. The number of halogens is 1. The molecule has 0 fully saturated rings. The van der Waals surface area contributed by atoms with Crippen LogP contribution in [0.2, 0.25) is 0 Å². The quantitative estimate of drug-likeness (QED) is 0.250. The third kappa shape index (κ3) is 7.10. The molecule has 164 valence electrons. The second-order valence-electron chi connectivity index (χ2n) is 6.35. The van der Waals surface area contributed by atoms with Crippen molar-refractivity contribution in [3.63, 3.8) is 0 Å². The molecule has 0 saturated heterocycles. The Labute approximate surface area is 192 Å². The number of hydrazone groups is 1. The Hall–Kier alpha value is -3.92. The minimum Gasteiger partial charge on any atom is -0.483 e. The van der Waals surface area contributed by atoms with E-state index in [2.05, 4.69) is 37.1 Å². The molecule has 1 aromatic heterocycles. The maximum absolute atomic E-state index is 12.1. The Morgan fingerprint density at radius 3 is 2.59 bits per heavy atom. The standard InChI is InChI=1S/C22H19BrN4O5/c23-16-8-9-19(32-14-20(28)26-17-5-2-1-3-6-17)15(11-16)12-25-27-22(30)21(29)24-13-18-7-4-10-31-18/h1-12H,13-14H2,(H,24,29)(H,26,28)(H,27,30). The molecule has 3 amide bonds. The number of rotatable bonds is 8. The lowest BCUT2D eigenvalue weighted by atomic mass is 10.2. The first-order chi connectivity index (χ1) is 15.5. The number of carbonyl (C=O) groups excluding carboxylic acids is 3. The number of hydrogen-bond donors (Lipinski definition) is 3. The van der Waals surface area contributed by atoms with Crippen molar-refractivity contribution in [1.29, 1.82) is 0 Å². The maximum Gasteiger partial charge on any atom is 0.329 e. The molecule has 32 heavy (non-hydrogen) atoms.